The van der Waals surface area contributed by atoms with Gasteiger partial charge in [-0.2, -0.15) is 0 Å². The fourth-order valence-electron chi connectivity index (χ4n) is 1.04. The Balaban J connectivity index is 2.26. The van der Waals surface area contributed by atoms with Gasteiger partial charge in [0, 0.05) is 0 Å². The number of carbonyl (C=O) groups is 2. The molecule has 0 bridgehead atoms. The summed E-state index contributed by atoms with van der Waals surface area (Å²) >= 11 is 1.24. The van der Waals surface area contributed by atoms with Crippen LogP contribution in [-0.2, 0) is 0 Å². The summed E-state index contributed by atoms with van der Waals surface area (Å²) in [5.41, 5.74) is 0. The molecule has 14 heavy (non-hydrogen) atoms. The molecule has 0 aliphatic rings. The van der Waals surface area contributed by atoms with Crippen LogP contribution in [0.5, 0.6) is 0 Å². The molecule has 70 valence electrons. The molecule has 0 saturated carbocycles. The second kappa shape index (κ2) is 3.59. The van der Waals surface area contributed by atoms with Gasteiger partial charge in [0.1, 0.15) is 0 Å². The van der Waals surface area contributed by atoms with Crippen molar-refractivity contribution in [2.45, 2.75) is 0 Å². The van der Waals surface area contributed by atoms with Crippen LogP contribution < -0.4 is 0 Å². The van der Waals surface area contributed by atoms with Crippen molar-refractivity contribution in [2.24, 2.45) is 0 Å². The van der Waals surface area contributed by atoms with Crippen molar-refractivity contribution in [1.29, 1.82) is 0 Å². The van der Waals surface area contributed by atoms with E-state index in [9.17, 15) is 9.59 Å². The molecule has 0 saturated heterocycles. The first-order valence-corrected chi connectivity index (χ1v) is 4.83. The van der Waals surface area contributed by atoms with Crippen molar-refractivity contribution in [2.75, 3.05) is 0 Å². The summed E-state index contributed by atoms with van der Waals surface area (Å²) in [4.78, 5) is 23.4. The Hall–Kier alpha value is -1.68. The van der Waals surface area contributed by atoms with Crippen LogP contribution in [0.15, 0.2) is 40.3 Å². The van der Waals surface area contributed by atoms with E-state index >= 15 is 0 Å². The van der Waals surface area contributed by atoms with Gasteiger partial charge >= 0.3 is 0 Å². The lowest BCUT2D eigenvalue weighted by Gasteiger charge is -1.92. The fourth-order valence-corrected chi connectivity index (χ4v) is 1.70. The number of thiophene rings is 1. The maximum Gasteiger partial charge on any atom is 0.269 e. The van der Waals surface area contributed by atoms with Gasteiger partial charge in [-0.1, -0.05) is 6.07 Å². The molecule has 2 aromatic rings. The van der Waals surface area contributed by atoms with E-state index < -0.39 is 11.6 Å². The minimum Gasteiger partial charge on any atom is -0.461 e. The second-order valence-corrected chi connectivity index (χ2v) is 3.56. The van der Waals surface area contributed by atoms with Gasteiger partial charge in [0.25, 0.3) is 5.78 Å². The third-order valence-corrected chi connectivity index (χ3v) is 2.56. The fraction of sp³-hybridized carbons (Fsp3) is 0. The van der Waals surface area contributed by atoms with Crippen LogP contribution in [0.2, 0.25) is 0 Å². The van der Waals surface area contributed by atoms with Gasteiger partial charge in [0.2, 0.25) is 5.78 Å². The summed E-state index contributed by atoms with van der Waals surface area (Å²) in [5.74, 6) is -1.03. The molecule has 0 unspecified atom stereocenters. The van der Waals surface area contributed by atoms with Crippen LogP contribution in [0.4, 0.5) is 0 Å². The normalized spacial score (nSPS) is 10.0. The van der Waals surface area contributed by atoms with E-state index in [4.69, 9.17) is 4.42 Å². The van der Waals surface area contributed by atoms with E-state index in [2.05, 4.69) is 0 Å². The molecule has 0 atom stereocenters. The number of furan rings is 1. The summed E-state index contributed by atoms with van der Waals surface area (Å²) in [6.45, 7) is 0. The van der Waals surface area contributed by atoms with Crippen molar-refractivity contribution in [3.63, 3.8) is 0 Å². The number of carbonyl (C=O) groups excluding carboxylic acids is 2. The molecule has 2 rings (SSSR count). The molecular weight excluding hydrogens is 200 g/mol. The van der Waals surface area contributed by atoms with Crippen LogP contribution >= 0.6 is 11.3 Å². The number of ketones is 2. The highest BCUT2D eigenvalue weighted by atomic mass is 32.1. The zero-order valence-electron chi connectivity index (χ0n) is 7.10. The molecule has 0 N–H and O–H groups in total. The summed E-state index contributed by atoms with van der Waals surface area (Å²) < 4.78 is 4.85. The van der Waals surface area contributed by atoms with E-state index in [1.165, 1.54) is 23.7 Å². The highest BCUT2D eigenvalue weighted by Crippen LogP contribution is 2.13. The molecule has 0 aromatic carbocycles. The number of hydrogen-bond donors (Lipinski definition) is 0. The number of rotatable bonds is 3. The molecule has 0 amide bonds. The molecule has 0 aliphatic carbocycles. The molecular formula is C10H6O3S. The first kappa shape index (κ1) is 8.90. The third kappa shape index (κ3) is 1.52. The van der Waals surface area contributed by atoms with Crippen molar-refractivity contribution in [1.82, 2.24) is 0 Å². The van der Waals surface area contributed by atoms with E-state index in [1.807, 2.05) is 0 Å². The average Bonchev–Trinajstić information content (AvgIpc) is 2.87. The second-order valence-electron chi connectivity index (χ2n) is 2.61. The zero-order chi connectivity index (χ0) is 9.97. The van der Waals surface area contributed by atoms with E-state index in [1.54, 1.807) is 23.6 Å². The smallest absolute Gasteiger partial charge is 0.269 e. The van der Waals surface area contributed by atoms with Crippen molar-refractivity contribution in [3.8, 4) is 0 Å². The van der Waals surface area contributed by atoms with E-state index in [0.717, 1.165) is 0 Å². The molecule has 0 spiro atoms. The largest absolute Gasteiger partial charge is 0.461 e. The van der Waals surface area contributed by atoms with Gasteiger partial charge in [-0.15, -0.1) is 11.3 Å². The molecule has 0 fully saturated rings. The van der Waals surface area contributed by atoms with Gasteiger partial charge in [-0.05, 0) is 23.6 Å². The van der Waals surface area contributed by atoms with Gasteiger partial charge in [-0.25, -0.2) is 0 Å². The predicted molar refractivity (Wildman–Crippen MR) is 51.7 cm³/mol. The quantitative estimate of drug-likeness (QED) is 0.572. The van der Waals surface area contributed by atoms with Crippen LogP contribution in [0.3, 0.4) is 0 Å². The minimum absolute atomic E-state index is 0.0865. The number of Topliss-reactive ketones (excluding diaryl/α,β-unsaturated/α-hetero) is 2. The Morgan fingerprint density at radius 2 is 2.00 bits per heavy atom. The van der Waals surface area contributed by atoms with Gasteiger partial charge in [0.15, 0.2) is 5.76 Å². The van der Waals surface area contributed by atoms with Gasteiger partial charge in [0.05, 0.1) is 11.1 Å². The highest BCUT2D eigenvalue weighted by Gasteiger charge is 2.20. The minimum atomic E-state index is -0.600. The first-order chi connectivity index (χ1) is 6.79. The van der Waals surface area contributed by atoms with Crippen LogP contribution in [0.1, 0.15) is 20.2 Å². The lowest BCUT2D eigenvalue weighted by molar-refractivity contribution is 0.0803. The van der Waals surface area contributed by atoms with Crippen LogP contribution in [-0.4, -0.2) is 11.6 Å². The van der Waals surface area contributed by atoms with Crippen LogP contribution in [0.25, 0.3) is 0 Å². The molecule has 4 heteroatoms. The maximum atomic E-state index is 11.5. The number of hydrogen-bond acceptors (Lipinski definition) is 4. The average molecular weight is 206 g/mol. The lowest BCUT2D eigenvalue weighted by Crippen LogP contribution is -2.11. The summed E-state index contributed by atoms with van der Waals surface area (Å²) in [7, 11) is 0. The SMILES string of the molecule is O=C(C(=O)c1cccs1)c1ccco1. The molecule has 2 aromatic heterocycles. The van der Waals surface area contributed by atoms with Gasteiger partial charge < -0.3 is 4.42 Å². The summed E-state index contributed by atoms with van der Waals surface area (Å²) in [5, 5.41) is 1.75. The molecule has 3 nitrogen and oxygen atoms in total. The Morgan fingerprint density at radius 3 is 2.57 bits per heavy atom. The maximum absolute atomic E-state index is 11.5. The predicted octanol–water partition coefficient (Wildman–Crippen LogP) is 2.41. The standard InChI is InChI=1S/C10H6O3S/c11-9(7-3-1-5-13-7)10(12)8-4-2-6-14-8/h1-6H. The summed E-state index contributed by atoms with van der Waals surface area (Å²) in [6, 6.07) is 6.41. The summed E-state index contributed by atoms with van der Waals surface area (Å²) in [6.07, 6.45) is 1.37. The van der Waals surface area contributed by atoms with Gasteiger partial charge in [-0.3, -0.25) is 9.59 Å². The Bertz CT molecular complexity index is 395. The Labute approximate surface area is 84.0 Å². The van der Waals surface area contributed by atoms with Crippen molar-refractivity contribution >= 4 is 22.9 Å². The van der Waals surface area contributed by atoms with E-state index in [0.29, 0.717) is 4.88 Å². The first-order valence-electron chi connectivity index (χ1n) is 3.95. The Morgan fingerprint density at radius 1 is 1.14 bits per heavy atom. The highest BCUT2D eigenvalue weighted by molar-refractivity contribution is 7.13. The Kier molecular flexibility index (Phi) is 2.28. The van der Waals surface area contributed by atoms with Crippen molar-refractivity contribution < 1.29 is 14.0 Å². The van der Waals surface area contributed by atoms with Crippen LogP contribution in [0, 0.1) is 0 Å². The van der Waals surface area contributed by atoms with E-state index in [-0.39, 0.29) is 5.76 Å². The monoisotopic (exact) mass is 206 g/mol. The molecule has 0 radical (unpaired) electrons. The molecule has 2 heterocycles. The topological polar surface area (TPSA) is 47.3 Å². The lowest BCUT2D eigenvalue weighted by atomic mass is 10.2. The zero-order valence-corrected chi connectivity index (χ0v) is 7.91. The third-order valence-electron chi connectivity index (χ3n) is 1.70. The van der Waals surface area contributed by atoms with Crippen molar-refractivity contribution in [3.05, 3.63) is 46.5 Å². The molecule has 0 aliphatic heterocycles.